The second-order valence-corrected chi connectivity index (χ2v) is 7.30. The van der Waals surface area contributed by atoms with Crippen molar-refractivity contribution in [3.63, 3.8) is 0 Å². The van der Waals surface area contributed by atoms with Crippen LogP contribution in [0.5, 0.6) is 0 Å². The van der Waals surface area contributed by atoms with Crippen molar-refractivity contribution in [1.29, 1.82) is 0 Å². The van der Waals surface area contributed by atoms with Gasteiger partial charge in [0.15, 0.2) is 0 Å². The molecule has 1 aliphatic rings. The molecule has 0 aromatic heterocycles. The lowest BCUT2D eigenvalue weighted by Gasteiger charge is -2.30. The predicted octanol–water partition coefficient (Wildman–Crippen LogP) is 3.65. The lowest BCUT2D eigenvalue weighted by atomic mass is 9.86. The van der Waals surface area contributed by atoms with Crippen LogP contribution < -0.4 is 5.32 Å². The fraction of sp³-hybridized carbons (Fsp3) is 0.611. The molecule has 1 aromatic carbocycles. The molecule has 21 heavy (non-hydrogen) atoms. The third kappa shape index (κ3) is 4.57. The first-order chi connectivity index (χ1) is 9.86. The van der Waals surface area contributed by atoms with Gasteiger partial charge in [0.1, 0.15) is 0 Å². The zero-order valence-corrected chi connectivity index (χ0v) is 13.8. The molecule has 0 spiro atoms. The fourth-order valence-electron chi connectivity index (χ4n) is 2.86. The van der Waals surface area contributed by atoms with Crippen LogP contribution in [0.1, 0.15) is 46.1 Å². The lowest BCUT2D eigenvalue weighted by molar-refractivity contribution is -0.117. The summed E-state index contributed by atoms with van der Waals surface area (Å²) in [6, 6.07) is 8.10. The molecule has 1 fully saturated rings. The molecule has 1 aromatic rings. The monoisotopic (exact) mass is 288 g/mol. The summed E-state index contributed by atoms with van der Waals surface area (Å²) in [5.74, 6) is 0.896. The Labute approximate surface area is 128 Å². The molecule has 1 N–H and O–H groups in total. The number of para-hydroxylation sites is 1. The van der Waals surface area contributed by atoms with E-state index in [1.165, 1.54) is 18.4 Å². The summed E-state index contributed by atoms with van der Waals surface area (Å²) in [7, 11) is 0. The molecule has 0 saturated carbocycles. The average molecular weight is 288 g/mol. The van der Waals surface area contributed by atoms with Gasteiger partial charge in [-0.1, -0.05) is 45.9 Å². The van der Waals surface area contributed by atoms with E-state index in [9.17, 15) is 4.79 Å². The first-order valence-electron chi connectivity index (χ1n) is 7.98. The molecule has 0 aliphatic carbocycles. The van der Waals surface area contributed by atoms with Crippen molar-refractivity contribution in [2.24, 2.45) is 5.92 Å². The van der Waals surface area contributed by atoms with E-state index in [1.807, 2.05) is 18.2 Å². The van der Waals surface area contributed by atoms with Crippen molar-refractivity contribution in [3.8, 4) is 0 Å². The number of nitrogens with zero attached hydrogens (tertiary/aromatic N) is 1. The summed E-state index contributed by atoms with van der Waals surface area (Å²) >= 11 is 0. The smallest absolute Gasteiger partial charge is 0.238 e. The highest BCUT2D eigenvalue weighted by atomic mass is 16.2. The van der Waals surface area contributed by atoms with Gasteiger partial charge in [-0.25, -0.2) is 0 Å². The van der Waals surface area contributed by atoms with Crippen LogP contribution in [0.15, 0.2) is 24.3 Å². The standard InChI is InChI=1S/C18H28N2O/c1-14-9-11-20(12-10-14)13-17(21)19-16-8-6-5-7-15(16)18(2,3)4/h5-8,14H,9-13H2,1-4H3,(H,19,21). The van der Waals surface area contributed by atoms with Crippen LogP contribution in [-0.4, -0.2) is 30.4 Å². The van der Waals surface area contributed by atoms with Gasteiger partial charge in [0.2, 0.25) is 5.91 Å². The summed E-state index contributed by atoms with van der Waals surface area (Å²) in [5, 5.41) is 3.09. The van der Waals surface area contributed by atoms with Crippen LogP contribution in [0.25, 0.3) is 0 Å². The van der Waals surface area contributed by atoms with Crippen LogP contribution in [0, 0.1) is 5.92 Å². The molecule has 3 nitrogen and oxygen atoms in total. The number of rotatable bonds is 3. The molecule has 0 radical (unpaired) electrons. The Morgan fingerprint density at radius 1 is 1.24 bits per heavy atom. The van der Waals surface area contributed by atoms with Crippen molar-refractivity contribution < 1.29 is 4.79 Å². The summed E-state index contributed by atoms with van der Waals surface area (Å²) in [4.78, 5) is 14.5. The maximum Gasteiger partial charge on any atom is 0.238 e. The molecule has 1 saturated heterocycles. The van der Waals surface area contributed by atoms with Crippen molar-refractivity contribution >= 4 is 11.6 Å². The van der Waals surface area contributed by atoms with Gasteiger partial charge < -0.3 is 5.32 Å². The van der Waals surface area contributed by atoms with E-state index in [4.69, 9.17) is 0 Å². The van der Waals surface area contributed by atoms with Crippen LogP contribution >= 0.6 is 0 Å². The molecule has 3 heteroatoms. The zero-order chi connectivity index (χ0) is 15.5. The first kappa shape index (κ1) is 16.0. The van der Waals surface area contributed by atoms with Crippen LogP contribution in [0.4, 0.5) is 5.69 Å². The number of carbonyl (C=O) groups is 1. The SMILES string of the molecule is CC1CCN(CC(=O)Nc2ccccc2C(C)(C)C)CC1. The Kier molecular flexibility index (Phi) is 5.04. The van der Waals surface area contributed by atoms with E-state index in [0.29, 0.717) is 6.54 Å². The number of hydrogen-bond donors (Lipinski definition) is 1. The Bertz CT molecular complexity index is 482. The van der Waals surface area contributed by atoms with Crippen molar-refractivity contribution in [2.45, 2.75) is 46.0 Å². The molecular formula is C18H28N2O. The predicted molar refractivity (Wildman–Crippen MR) is 88.6 cm³/mol. The highest BCUT2D eigenvalue weighted by Crippen LogP contribution is 2.29. The lowest BCUT2D eigenvalue weighted by Crippen LogP contribution is -2.39. The maximum absolute atomic E-state index is 12.3. The number of hydrogen-bond acceptors (Lipinski definition) is 2. The number of nitrogens with one attached hydrogen (secondary N) is 1. The Morgan fingerprint density at radius 2 is 1.86 bits per heavy atom. The minimum absolute atomic E-state index is 0.0322. The topological polar surface area (TPSA) is 32.3 Å². The third-order valence-electron chi connectivity index (χ3n) is 4.25. The van der Waals surface area contributed by atoms with Gasteiger partial charge in [-0.05, 0) is 48.9 Å². The number of carbonyl (C=O) groups excluding carboxylic acids is 1. The van der Waals surface area contributed by atoms with Crippen molar-refractivity contribution in [1.82, 2.24) is 4.90 Å². The van der Waals surface area contributed by atoms with E-state index in [1.54, 1.807) is 0 Å². The van der Waals surface area contributed by atoms with E-state index in [2.05, 4.69) is 44.0 Å². The molecular weight excluding hydrogens is 260 g/mol. The normalized spacial score (nSPS) is 17.7. The summed E-state index contributed by atoms with van der Waals surface area (Å²) in [6.45, 7) is 11.4. The number of anilines is 1. The number of piperidine rings is 1. The molecule has 0 atom stereocenters. The third-order valence-corrected chi connectivity index (χ3v) is 4.25. The van der Waals surface area contributed by atoms with Gasteiger partial charge in [-0.3, -0.25) is 9.69 Å². The largest absolute Gasteiger partial charge is 0.325 e. The van der Waals surface area contributed by atoms with Crippen molar-refractivity contribution in [3.05, 3.63) is 29.8 Å². The molecule has 2 rings (SSSR count). The average Bonchev–Trinajstić information content (AvgIpc) is 2.41. The van der Waals surface area contributed by atoms with E-state index < -0.39 is 0 Å². The Morgan fingerprint density at radius 3 is 2.48 bits per heavy atom. The van der Waals surface area contributed by atoms with Crippen LogP contribution in [-0.2, 0) is 10.2 Å². The summed E-state index contributed by atoms with van der Waals surface area (Å²) in [5.41, 5.74) is 2.16. The number of benzene rings is 1. The minimum atomic E-state index is 0.0322. The Hall–Kier alpha value is -1.35. The van der Waals surface area contributed by atoms with Gasteiger partial charge in [-0.15, -0.1) is 0 Å². The highest BCUT2D eigenvalue weighted by molar-refractivity contribution is 5.93. The highest BCUT2D eigenvalue weighted by Gasteiger charge is 2.21. The Balaban J connectivity index is 1.97. The molecule has 1 aliphatic heterocycles. The van der Waals surface area contributed by atoms with E-state index >= 15 is 0 Å². The quantitative estimate of drug-likeness (QED) is 0.920. The number of amides is 1. The van der Waals surface area contributed by atoms with Crippen LogP contribution in [0.3, 0.4) is 0 Å². The van der Waals surface area contributed by atoms with Crippen molar-refractivity contribution in [2.75, 3.05) is 25.0 Å². The molecule has 0 bridgehead atoms. The second kappa shape index (κ2) is 6.61. The second-order valence-electron chi connectivity index (χ2n) is 7.30. The summed E-state index contributed by atoms with van der Waals surface area (Å²) in [6.07, 6.45) is 2.40. The van der Waals surface area contributed by atoms with Gasteiger partial charge in [0, 0.05) is 5.69 Å². The summed E-state index contributed by atoms with van der Waals surface area (Å²) < 4.78 is 0. The van der Waals surface area contributed by atoms with E-state index in [0.717, 1.165) is 24.7 Å². The van der Waals surface area contributed by atoms with Gasteiger partial charge >= 0.3 is 0 Å². The zero-order valence-electron chi connectivity index (χ0n) is 13.8. The first-order valence-corrected chi connectivity index (χ1v) is 7.98. The number of likely N-dealkylation sites (tertiary alicyclic amines) is 1. The fourth-order valence-corrected chi connectivity index (χ4v) is 2.86. The van der Waals surface area contributed by atoms with Gasteiger partial charge in [-0.2, -0.15) is 0 Å². The van der Waals surface area contributed by atoms with Crippen LogP contribution in [0.2, 0.25) is 0 Å². The molecule has 1 amide bonds. The maximum atomic E-state index is 12.3. The minimum Gasteiger partial charge on any atom is -0.325 e. The van der Waals surface area contributed by atoms with E-state index in [-0.39, 0.29) is 11.3 Å². The molecule has 0 unspecified atom stereocenters. The van der Waals surface area contributed by atoms with Gasteiger partial charge in [0.05, 0.1) is 6.54 Å². The molecule has 116 valence electrons. The molecule has 1 heterocycles. The van der Waals surface area contributed by atoms with Gasteiger partial charge in [0.25, 0.3) is 0 Å².